The minimum Gasteiger partial charge on any atom is -0.481 e. The third-order valence-electron chi connectivity index (χ3n) is 2.86. The third-order valence-corrected chi connectivity index (χ3v) is 2.86. The zero-order chi connectivity index (χ0) is 15.8. The monoisotopic (exact) mass is 297 g/mol. The van der Waals surface area contributed by atoms with Crippen molar-refractivity contribution in [1.29, 1.82) is 0 Å². The quantitative estimate of drug-likeness (QED) is 0.714. The van der Waals surface area contributed by atoms with Gasteiger partial charge in [-0.1, -0.05) is 0 Å². The molecular weight excluding hydrogens is 278 g/mol. The van der Waals surface area contributed by atoms with E-state index in [1.54, 1.807) is 6.92 Å². The first kappa shape index (κ1) is 16.8. The maximum absolute atomic E-state index is 12.2. The summed E-state index contributed by atoms with van der Waals surface area (Å²) in [4.78, 5) is 35.8. The number of carboxylic acids is 1. The number of ether oxygens (including phenoxy) is 1. The number of amides is 1. The van der Waals surface area contributed by atoms with Gasteiger partial charge in [0.05, 0.1) is 19.6 Å². The van der Waals surface area contributed by atoms with Gasteiger partial charge in [-0.3, -0.25) is 14.4 Å². The fourth-order valence-corrected chi connectivity index (χ4v) is 1.70. The molecule has 1 rings (SSSR count). The van der Waals surface area contributed by atoms with Gasteiger partial charge in [0.2, 0.25) is 0 Å². The average molecular weight is 297 g/mol. The van der Waals surface area contributed by atoms with Crippen LogP contribution in [0.4, 0.5) is 0 Å². The number of hydrogen-bond acceptors (Lipinski definition) is 5. The largest absolute Gasteiger partial charge is 0.481 e. The molecule has 0 spiro atoms. The lowest BCUT2D eigenvalue weighted by Crippen LogP contribution is -2.35. The summed E-state index contributed by atoms with van der Waals surface area (Å²) in [6, 6.07) is 2.61. The van der Waals surface area contributed by atoms with Crippen molar-refractivity contribution in [3.05, 3.63) is 28.2 Å². The molecule has 8 heteroatoms. The Hall–Kier alpha value is -2.22. The number of aliphatic carboxylic acids is 1. The highest BCUT2D eigenvalue weighted by molar-refractivity contribution is 5.92. The van der Waals surface area contributed by atoms with Gasteiger partial charge >= 0.3 is 5.97 Å². The molecule has 8 nitrogen and oxygen atoms in total. The van der Waals surface area contributed by atoms with Crippen LogP contribution in [0.5, 0.6) is 0 Å². The van der Waals surface area contributed by atoms with E-state index in [0.29, 0.717) is 13.2 Å². The zero-order valence-corrected chi connectivity index (χ0v) is 12.1. The van der Waals surface area contributed by atoms with Gasteiger partial charge in [0.1, 0.15) is 5.69 Å². The van der Waals surface area contributed by atoms with Gasteiger partial charge in [0.25, 0.3) is 11.5 Å². The molecule has 0 saturated carbocycles. The van der Waals surface area contributed by atoms with Gasteiger partial charge < -0.3 is 14.7 Å². The van der Waals surface area contributed by atoms with Crippen LogP contribution in [-0.4, -0.2) is 58.5 Å². The maximum atomic E-state index is 12.2. The van der Waals surface area contributed by atoms with Crippen molar-refractivity contribution >= 4 is 11.9 Å². The number of carboxylic acid groups (broad SMARTS) is 1. The van der Waals surface area contributed by atoms with Crippen molar-refractivity contribution in [3.63, 3.8) is 0 Å². The molecule has 0 aromatic carbocycles. The van der Waals surface area contributed by atoms with E-state index in [2.05, 4.69) is 5.10 Å². The van der Waals surface area contributed by atoms with Crippen molar-refractivity contribution in [1.82, 2.24) is 14.7 Å². The smallest absolute Gasteiger partial charge is 0.305 e. The molecular formula is C13H19N3O5. The summed E-state index contributed by atoms with van der Waals surface area (Å²) in [7, 11) is 1.50. The summed E-state index contributed by atoms with van der Waals surface area (Å²) in [5.74, 6) is -1.37. The van der Waals surface area contributed by atoms with Gasteiger partial charge in [0.15, 0.2) is 0 Å². The van der Waals surface area contributed by atoms with E-state index >= 15 is 0 Å². The molecule has 0 aliphatic heterocycles. The summed E-state index contributed by atoms with van der Waals surface area (Å²) >= 11 is 0. The van der Waals surface area contributed by atoms with Crippen LogP contribution >= 0.6 is 0 Å². The van der Waals surface area contributed by atoms with Crippen LogP contribution in [0.25, 0.3) is 0 Å². The van der Waals surface area contributed by atoms with Gasteiger partial charge in [-0.15, -0.1) is 0 Å². The van der Waals surface area contributed by atoms with E-state index in [9.17, 15) is 14.4 Å². The second-order valence-electron chi connectivity index (χ2n) is 4.30. The molecule has 0 aliphatic carbocycles. The molecule has 0 radical (unpaired) electrons. The van der Waals surface area contributed by atoms with Crippen molar-refractivity contribution < 1.29 is 19.4 Å². The van der Waals surface area contributed by atoms with Gasteiger partial charge in [-0.2, -0.15) is 5.10 Å². The number of methoxy groups -OCH3 is 1. The molecule has 0 fully saturated rings. The molecule has 1 heterocycles. The van der Waals surface area contributed by atoms with Gasteiger partial charge in [0, 0.05) is 26.3 Å². The Balaban J connectivity index is 2.89. The van der Waals surface area contributed by atoms with Crippen molar-refractivity contribution in [2.75, 3.05) is 26.8 Å². The molecule has 1 amide bonds. The summed E-state index contributed by atoms with van der Waals surface area (Å²) in [5.41, 5.74) is -0.213. The topological polar surface area (TPSA) is 102 Å². The fraction of sp³-hybridized carbons (Fsp3) is 0.538. The van der Waals surface area contributed by atoms with Gasteiger partial charge in [-0.05, 0) is 13.0 Å². The van der Waals surface area contributed by atoms with E-state index < -0.39 is 11.9 Å². The van der Waals surface area contributed by atoms with E-state index in [0.717, 1.165) is 4.68 Å². The third kappa shape index (κ3) is 4.99. The first-order valence-corrected chi connectivity index (χ1v) is 6.57. The summed E-state index contributed by atoms with van der Waals surface area (Å²) in [6.45, 7) is 2.77. The van der Waals surface area contributed by atoms with Crippen LogP contribution in [0.1, 0.15) is 23.8 Å². The standard InChI is InChI=1S/C13H19N3O5/c1-3-15(7-6-12(18)19)13(20)10-4-5-11(17)16(14-10)8-9-21-2/h4-5H,3,6-9H2,1-2H3,(H,18,19). The molecule has 1 aromatic heterocycles. The minimum absolute atomic E-state index is 0.101. The second-order valence-corrected chi connectivity index (χ2v) is 4.30. The SMILES string of the molecule is CCN(CCC(=O)O)C(=O)c1ccc(=O)n(CCOC)n1. The lowest BCUT2D eigenvalue weighted by molar-refractivity contribution is -0.137. The Morgan fingerprint density at radius 2 is 2.14 bits per heavy atom. The van der Waals surface area contributed by atoms with Crippen LogP contribution in [0.3, 0.4) is 0 Å². The molecule has 1 aromatic rings. The van der Waals surface area contributed by atoms with E-state index in [1.165, 1.54) is 24.1 Å². The molecule has 116 valence electrons. The first-order chi connectivity index (χ1) is 9.99. The van der Waals surface area contributed by atoms with Crippen molar-refractivity contribution in [2.45, 2.75) is 19.9 Å². The van der Waals surface area contributed by atoms with Gasteiger partial charge in [-0.25, -0.2) is 4.68 Å². The lowest BCUT2D eigenvalue weighted by Gasteiger charge is -2.19. The summed E-state index contributed by atoms with van der Waals surface area (Å²) in [6.07, 6.45) is -0.136. The lowest BCUT2D eigenvalue weighted by atomic mass is 10.3. The van der Waals surface area contributed by atoms with Crippen molar-refractivity contribution in [3.8, 4) is 0 Å². The van der Waals surface area contributed by atoms with Crippen LogP contribution in [0.15, 0.2) is 16.9 Å². The van der Waals surface area contributed by atoms with E-state index in [4.69, 9.17) is 9.84 Å². The Labute approximate surface area is 121 Å². The Morgan fingerprint density at radius 1 is 1.43 bits per heavy atom. The van der Waals surface area contributed by atoms with Crippen LogP contribution in [0.2, 0.25) is 0 Å². The van der Waals surface area contributed by atoms with Crippen molar-refractivity contribution in [2.24, 2.45) is 0 Å². The highest BCUT2D eigenvalue weighted by Gasteiger charge is 2.17. The zero-order valence-electron chi connectivity index (χ0n) is 12.1. The molecule has 0 bridgehead atoms. The molecule has 1 N–H and O–H groups in total. The number of nitrogens with zero attached hydrogens (tertiary/aromatic N) is 3. The van der Waals surface area contributed by atoms with Crippen LogP contribution in [-0.2, 0) is 16.1 Å². The first-order valence-electron chi connectivity index (χ1n) is 6.57. The Bertz CT molecular complexity index is 555. The Kier molecular flexibility index (Phi) is 6.54. The fourth-order valence-electron chi connectivity index (χ4n) is 1.70. The molecule has 0 aliphatic rings. The average Bonchev–Trinajstić information content (AvgIpc) is 2.46. The van der Waals surface area contributed by atoms with Crippen LogP contribution < -0.4 is 5.56 Å². The number of aromatic nitrogens is 2. The predicted octanol–water partition coefficient (Wildman–Crippen LogP) is -0.173. The van der Waals surface area contributed by atoms with E-state index in [-0.39, 0.29) is 30.8 Å². The molecule has 21 heavy (non-hydrogen) atoms. The Morgan fingerprint density at radius 3 is 2.71 bits per heavy atom. The highest BCUT2D eigenvalue weighted by Crippen LogP contribution is 2.01. The van der Waals surface area contributed by atoms with Crippen LogP contribution in [0, 0.1) is 0 Å². The molecule has 0 unspecified atom stereocenters. The van der Waals surface area contributed by atoms with E-state index in [1.807, 2.05) is 0 Å². The highest BCUT2D eigenvalue weighted by atomic mass is 16.5. The number of hydrogen-bond donors (Lipinski definition) is 1. The normalized spacial score (nSPS) is 10.4. The second kappa shape index (κ2) is 8.15. The number of rotatable bonds is 8. The maximum Gasteiger partial charge on any atom is 0.305 e. The summed E-state index contributed by atoms with van der Waals surface area (Å²) < 4.78 is 6.03. The molecule has 0 saturated heterocycles. The number of carbonyl (C=O) groups excluding carboxylic acids is 1. The minimum atomic E-state index is -0.973. The number of carbonyl (C=O) groups is 2. The molecule has 0 atom stereocenters. The predicted molar refractivity (Wildman–Crippen MR) is 74.2 cm³/mol. The summed E-state index contributed by atoms with van der Waals surface area (Å²) in [5, 5.41) is 12.7.